The molecular formula is C21H25NO3. The zero-order valence-corrected chi connectivity index (χ0v) is 14.8. The summed E-state index contributed by atoms with van der Waals surface area (Å²) in [6, 6.07) is 16.0. The van der Waals surface area contributed by atoms with Crippen molar-refractivity contribution in [1.82, 2.24) is 4.90 Å². The topological polar surface area (TPSA) is 49.8 Å². The summed E-state index contributed by atoms with van der Waals surface area (Å²) in [5.41, 5.74) is 3.52. The van der Waals surface area contributed by atoms with E-state index in [9.17, 15) is 9.90 Å². The predicted octanol–water partition coefficient (Wildman–Crippen LogP) is 3.90. The largest absolute Gasteiger partial charge is 0.497 e. The molecule has 132 valence electrons. The maximum Gasteiger partial charge on any atom is 0.320 e. The Labute approximate surface area is 149 Å². The maximum atomic E-state index is 11.7. The number of hydrogen-bond acceptors (Lipinski definition) is 3. The van der Waals surface area contributed by atoms with Crippen LogP contribution in [0, 0.1) is 0 Å². The third kappa shape index (κ3) is 3.69. The summed E-state index contributed by atoms with van der Waals surface area (Å²) in [4.78, 5) is 13.8. The second kappa shape index (κ2) is 7.70. The van der Waals surface area contributed by atoms with Crippen LogP contribution in [0.4, 0.5) is 0 Å². The maximum absolute atomic E-state index is 11.7. The highest BCUT2D eigenvalue weighted by molar-refractivity contribution is 5.74. The minimum Gasteiger partial charge on any atom is -0.497 e. The van der Waals surface area contributed by atoms with Crippen molar-refractivity contribution in [3.63, 3.8) is 0 Å². The molecule has 2 unspecified atom stereocenters. The Kier molecular flexibility index (Phi) is 5.39. The molecule has 0 aliphatic carbocycles. The molecule has 0 saturated carbocycles. The Morgan fingerprint density at radius 3 is 2.28 bits per heavy atom. The quantitative estimate of drug-likeness (QED) is 0.867. The fraction of sp³-hybridized carbons (Fsp3) is 0.381. The molecule has 0 bridgehead atoms. The van der Waals surface area contributed by atoms with E-state index in [1.807, 2.05) is 24.3 Å². The number of nitrogens with zero attached hydrogens (tertiary/aromatic N) is 1. The normalized spacial score (nSPS) is 18.9. The predicted molar refractivity (Wildman–Crippen MR) is 98.0 cm³/mol. The van der Waals surface area contributed by atoms with Gasteiger partial charge in [0.05, 0.1) is 13.2 Å². The van der Waals surface area contributed by atoms with Gasteiger partial charge in [-0.1, -0.05) is 43.3 Å². The number of likely N-dealkylation sites (tertiary alicyclic amines) is 1. The summed E-state index contributed by atoms with van der Waals surface area (Å²) in [6.07, 6.45) is 2.61. The van der Waals surface area contributed by atoms with Crippen molar-refractivity contribution >= 4 is 5.97 Å². The molecule has 0 radical (unpaired) electrons. The van der Waals surface area contributed by atoms with Gasteiger partial charge in [0.25, 0.3) is 0 Å². The van der Waals surface area contributed by atoms with Crippen LogP contribution in [-0.2, 0) is 11.2 Å². The van der Waals surface area contributed by atoms with Gasteiger partial charge in [-0.3, -0.25) is 9.69 Å². The summed E-state index contributed by atoms with van der Waals surface area (Å²) >= 11 is 0. The van der Waals surface area contributed by atoms with Crippen molar-refractivity contribution in [3.8, 4) is 5.75 Å². The molecule has 1 N–H and O–H groups in total. The highest BCUT2D eigenvalue weighted by atomic mass is 16.5. The number of carboxylic acids is 1. The Balaban J connectivity index is 2.01. The summed E-state index contributed by atoms with van der Waals surface area (Å²) in [5, 5.41) is 9.63. The van der Waals surface area contributed by atoms with Crippen molar-refractivity contribution in [2.45, 2.75) is 38.3 Å². The number of methoxy groups -OCH3 is 1. The monoisotopic (exact) mass is 339 g/mol. The lowest BCUT2D eigenvalue weighted by molar-refractivity contribution is -0.142. The number of hydrogen-bond donors (Lipinski definition) is 1. The first kappa shape index (κ1) is 17.5. The number of benzene rings is 2. The van der Waals surface area contributed by atoms with Gasteiger partial charge in [0.15, 0.2) is 0 Å². The zero-order valence-electron chi connectivity index (χ0n) is 14.8. The number of carbonyl (C=O) groups is 1. The molecule has 1 aliphatic heterocycles. The minimum absolute atomic E-state index is 0.0552. The van der Waals surface area contributed by atoms with E-state index in [1.165, 1.54) is 5.56 Å². The second-order valence-corrected chi connectivity index (χ2v) is 6.50. The molecule has 1 aliphatic rings. The van der Waals surface area contributed by atoms with E-state index < -0.39 is 12.0 Å². The van der Waals surface area contributed by atoms with Gasteiger partial charge in [-0.25, -0.2) is 0 Å². The molecule has 1 heterocycles. The van der Waals surface area contributed by atoms with Gasteiger partial charge in [0.2, 0.25) is 0 Å². The molecular weight excluding hydrogens is 314 g/mol. The lowest BCUT2D eigenvalue weighted by Gasteiger charge is -2.32. The van der Waals surface area contributed by atoms with Gasteiger partial charge in [0.1, 0.15) is 11.8 Å². The van der Waals surface area contributed by atoms with Crippen molar-refractivity contribution in [2.24, 2.45) is 0 Å². The van der Waals surface area contributed by atoms with E-state index in [0.29, 0.717) is 6.42 Å². The molecule has 2 aromatic carbocycles. The minimum atomic E-state index is -0.735. The van der Waals surface area contributed by atoms with Crippen LogP contribution >= 0.6 is 0 Å². The smallest absolute Gasteiger partial charge is 0.320 e. The highest BCUT2D eigenvalue weighted by Crippen LogP contribution is 2.35. The first-order valence-corrected chi connectivity index (χ1v) is 8.85. The lowest BCUT2D eigenvalue weighted by Crippen LogP contribution is -2.39. The zero-order chi connectivity index (χ0) is 17.8. The van der Waals surface area contributed by atoms with Crippen LogP contribution in [0.5, 0.6) is 5.75 Å². The van der Waals surface area contributed by atoms with Crippen LogP contribution in [0.15, 0.2) is 48.5 Å². The molecule has 0 amide bonds. The molecule has 2 aromatic rings. The molecule has 1 saturated heterocycles. The molecule has 3 rings (SSSR count). The van der Waals surface area contributed by atoms with Crippen molar-refractivity contribution in [3.05, 3.63) is 65.2 Å². The number of aliphatic carboxylic acids is 1. The molecule has 25 heavy (non-hydrogen) atoms. The molecule has 0 aromatic heterocycles. The van der Waals surface area contributed by atoms with E-state index in [-0.39, 0.29) is 6.04 Å². The molecule has 0 spiro atoms. The fourth-order valence-electron chi connectivity index (χ4n) is 3.66. The lowest BCUT2D eigenvalue weighted by atomic mass is 9.95. The van der Waals surface area contributed by atoms with Gasteiger partial charge in [-0.2, -0.15) is 0 Å². The van der Waals surface area contributed by atoms with Crippen molar-refractivity contribution in [1.29, 1.82) is 0 Å². The SMILES string of the molecule is CCc1ccc(C(c2ccc(OC)cc2)N2CCCC2C(=O)O)cc1. The third-order valence-corrected chi connectivity index (χ3v) is 5.05. The van der Waals surface area contributed by atoms with E-state index in [1.54, 1.807) is 7.11 Å². The van der Waals surface area contributed by atoms with Crippen LogP contribution in [-0.4, -0.2) is 35.7 Å². The summed E-state index contributed by atoms with van der Waals surface area (Å²) in [6.45, 7) is 2.93. The Morgan fingerprint density at radius 1 is 1.16 bits per heavy atom. The van der Waals surface area contributed by atoms with E-state index in [0.717, 1.165) is 36.3 Å². The van der Waals surface area contributed by atoms with Gasteiger partial charge in [-0.05, 0) is 48.1 Å². The van der Waals surface area contributed by atoms with Crippen LogP contribution in [0.3, 0.4) is 0 Å². The second-order valence-electron chi connectivity index (χ2n) is 6.50. The van der Waals surface area contributed by atoms with Crippen molar-refractivity contribution < 1.29 is 14.6 Å². The van der Waals surface area contributed by atoms with E-state index in [4.69, 9.17) is 4.74 Å². The van der Waals surface area contributed by atoms with Crippen LogP contribution in [0.25, 0.3) is 0 Å². The first-order valence-electron chi connectivity index (χ1n) is 8.85. The Morgan fingerprint density at radius 2 is 1.76 bits per heavy atom. The van der Waals surface area contributed by atoms with Crippen molar-refractivity contribution in [2.75, 3.05) is 13.7 Å². The number of aryl methyl sites for hydroxylation is 1. The van der Waals surface area contributed by atoms with Gasteiger partial charge in [0, 0.05) is 6.54 Å². The van der Waals surface area contributed by atoms with Gasteiger partial charge < -0.3 is 9.84 Å². The van der Waals surface area contributed by atoms with E-state index >= 15 is 0 Å². The molecule has 2 atom stereocenters. The third-order valence-electron chi connectivity index (χ3n) is 5.05. The van der Waals surface area contributed by atoms with Gasteiger partial charge >= 0.3 is 5.97 Å². The van der Waals surface area contributed by atoms with Crippen LogP contribution in [0.2, 0.25) is 0 Å². The molecule has 4 nitrogen and oxygen atoms in total. The molecule has 1 fully saturated rings. The molecule has 4 heteroatoms. The standard InChI is InChI=1S/C21H25NO3/c1-3-15-6-8-16(9-7-15)20(17-10-12-18(25-2)13-11-17)22-14-4-5-19(22)21(23)24/h6-13,19-20H,3-5,14H2,1-2H3,(H,23,24). The number of rotatable bonds is 6. The fourth-order valence-corrected chi connectivity index (χ4v) is 3.66. The average molecular weight is 339 g/mol. The summed E-state index contributed by atoms with van der Waals surface area (Å²) < 4.78 is 5.26. The van der Waals surface area contributed by atoms with Crippen LogP contribution in [0.1, 0.15) is 42.5 Å². The number of ether oxygens (including phenoxy) is 1. The highest BCUT2D eigenvalue weighted by Gasteiger charge is 2.36. The summed E-state index contributed by atoms with van der Waals surface area (Å²) in [7, 11) is 1.65. The Bertz CT molecular complexity index is 661. The average Bonchev–Trinajstić information content (AvgIpc) is 3.13. The summed E-state index contributed by atoms with van der Waals surface area (Å²) in [5.74, 6) is 0.0706. The van der Waals surface area contributed by atoms with Crippen LogP contribution < -0.4 is 4.74 Å². The number of carboxylic acid groups (broad SMARTS) is 1. The Hall–Kier alpha value is -2.33. The van der Waals surface area contributed by atoms with E-state index in [2.05, 4.69) is 36.1 Å². The first-order chi connectivity index (χ1) is 12.1. The van der Waals surface area contributed by atoms with Gasteiger partial charge in [-0.15, -0.1) is 0 Å².